The summed E-state index contributed by atoms with van der Waals surface area (Å²) >= 11 is 1.63. The first kappa shape index (κ1) is 13.6. The quantitative estimate of drug-likeness (QED) is 0.568. The normalized spacial score (nSPS) is 7.60. The van der Waals surface area contributed by atoms with Crippen molar-refractivity contribution in [3.8, 4) is 0 Å². The molecule has 0 aromatic rings. The van der Waals surface area contributed by atoms with Gasteiger partial charge < -0.3 is 0 Å². The lowest BCUT2D eigenvalue weighted by Crippen LogP contribution is -1.76. The summed E-state index contributed by atoms with van der Waals surface area (Å²) in [7, 11) is 0. The van der Waals surface area contributed by atoms with E-state index in [1.54, 1.807) is 0 Å². The Hall–Kier alpha value is 1.06. The van der Waals surface area contributed by atoms with Crippen LogP contribution in [-0.4, -0.2) is 30.4 Å². The highest BCUT2D eigenvalue weighted by atomic mass is 27.1. The van der Waals surface area contributed by atoms with Crippen molar-refractivity contribution in [3.05, 3.63) is 0 Å². The lowest BCUT2D eigenvalue weighted by molar-refractivity contribution is 1.36. The van der Waals surface area contributed by atoms with Gasteiger partial charge in [0.1, 0.15) is 0 Å². The molecule has 0 spiro atoms. The average molecular weight is 170 g/mol. The third kappa shape index (κ3) is 23.0. The highest BCUT2D eigenvalue weighted by Crippen LogP contribution is 1.77. The first-order valence-corrected chi connectivity index (χ1v) is 7.73. The van der Waals surface area contributed by atoms with Crippen molar-refractivity contribution in [2.45, 2.75) is 48.8 Å². The third-order valence-corrected chi connectivity index (χ3v) is 3.46. The van der Waals surface area contributed by atoms with Crippen LogP contribution in [0.15, 0.2) is 0 Å². The zero-order valence-corrected chi connectivity index (χ0v) is 10.3. The molecule has 0 rings (SSSR count). The maximum absolute atomic E-state index is 2.25. The van der Waals surface area contributed by atoms with Crippen molar-refractivity contribution < 1.29 is 0 Å². The van der Waals surface area contributed by atoms with Gasteiger partial charge >= 0.3 is 0 Å². The minimum atomic E-state index is 0.815. The van der Waals surface area contributed by atoms with Gasteiger partial charge in [-0.2, -0.15) is 0 Å². The number of hydrogen-bond donors (Lipinski definition) is 0. The Labute approximate surface area is 79.2 Å². The standard InChI is InChI=1S/4C2H5.2Al/c4*1-2;;/h4*1H2,2H3;;. The summed E-state index contributed by atoms with van der Waals surface area (Å²) in [6.45, 7) is 9.00. The largest absolute Gasteiger partial charge is 0.198 e. The van der Waals surface area contributed by atoms with Crippen LogP contribution in [-0.2, 0) is 0 Å². The Morgan fingerprint density at radius 1 is 0.600 bits per heavy atom. The van der Waals surface area contributed by atoms with Crippen LogP contribution in [0.25, 0.3) is 0 Å². The van der Waals surface area contributed by atoms with Crippen LogP contribution in [0.3, 0.4) is 0 Å². The summed E-state index contributed by atoms with van der Waals surface area (Å²) in [4.78, 5) is 0. The molecule has 0 heterocycles. The molecule has 0 atom stereocenters. The van der Waals surface area contributed by atoms with E-state index in [9.17, 15) is 0 Å². The van der Waals surface area contributed by atoms with Gasteiger partial charge in [0, 0.05) is 0 Å². The van der Waals surface area contributed by atoms with Gasteiger partial charge in [-0.05, 0) is 0 Å². The van der Waals surface area contributed by atoms with E-state index in [1.165, 1.54) is 21.1 Å². The molecule has 0 aliphatic heterocycles. The minimum Gasteiger partial charge on any atom is -0.106 e. The summed E-state index contributed by atoms with van der Waals surface area (Å²) in [5.74, 6) is 0. The van der Waals surface area contributed by atoms with Crippen LogP contribution in [0.5, 0.6) is 0 Å². The van der Waals surface area contributed by atoms with Crippen molar-refractivity contribution in [1.29, 1.82) is 0 Å². The highest BCUT2D eigenvalue weighted by Gasteiger charge is 1.75. The second-order valence-electron chi connectivity index (χ2n) is 2.21. The molecule has 0 aliphatic carbocycles. The Kier molecular flexibility index (Phi) is 22.6. The summed E-state index contributed by atoms with van der Waals surface area (Å²) < 4.78 is 0. The van der Waals surface area contributed by atoms with E-state index >= 15 is 0 Å². The molecule has 0 N–H and O–H groups in total. The van der Waals surface area contributed by atoms with Crippen molar-refractivity contribution in [1.82, 2.24) is 0 Å². The fourth-order valence-corrected chi connectivity index (χ4v) is 1.73. The van der Waals surface area contributed by atoms with E-state index in [-0.39, 0.29) is 0 Å². The fourth-order valence-electron chi connectivity index (χ4n) is 0.577. The molecule has 0 nitrogen and oxygen atoms in total. The second kappa shape index (κ2) is 16.6. The number of rotatable bonds is 4. The van der Waals surface area contributed by atoms with Crippen molar-refractivity contribution in [2.75, 3.05) is 0 Å². The highest BCUT2D eigenvalue weighted by molar-refractivity contribution is 6.35. The Morgan fingerprint density at radius 3 is 0.800 bits per heavy atom. The average Bonchev–Trinajstić information content (AvgIpc) is 1.93. The van der Waals surface area contributed by atoms with Crippen LogP contribution in [0.2, 0.25) is 21.1 Å². The predicted molar refractivity (Wildman–Crippen MR) is 53.4 cm³/mol. The summed E-state index contributed by atoms with van der Waals surface area (Å²) in [5.41, 5.74) is 0. The van der Waals surface area contributed by atoms with E-state index < -0.39 is 0 Å². The number of hydrogen-bond acceptors (Lipinski definition) is 0. The van der Waals surface area contributed by atoms with E-state index in [4.69, 9.17) is 0 Å². The van der Waals surface area contributed by atoms with Gasteiger partial charge in [-0.25, -0.2) is 0 Å². The Balaban J connectivity index is 0. The zero-order chi connectivity index (χ0) is 8.24. The minimum absolute atomic E-state index is 0.815. The molecule has 0 aromatic heterocycles. The SMILES string of the molecule is C[CH2][Al][CH2]C.C[CH2][Al][CH2]C. The van der Waals surface area contributed by atoms with Crippen LogP contribution in [0, 0.1) is 0 Å². The molecule has 0 aromatic carbocycles. The van der Waals surface area contributed by atoms with Gasteiger partial charge in [-0.3, -0.25) is 0 Å². The van der Waals surface area contributed by atoms with Gasteiger partial charge in [0.25, 0.3) is 0 Å². The van der Waals surface area contributed by atoms with Gasteiger partial charge in [0.2, 0.25) is 0 Å². The van der Waals surface area contributed by atoms with Gasteiger partial charge in [-0.1, -0.05) is 27.7 Å². The monoisotopic (exact) mass is 170 g/mol. The van der Waals surface area contributed by atoms with Gasteiger partial charge in [0.05, 0.1) is 0 Å². The second-order valence-corrected chi connectivity index (χ2v) is 6.63. The molecule has 58 valence electrons. The zero-order valence-electron chi connectivity index (χ0n) is 7.98. The predicted octanol–water partition coefficient (Wildman–Crippen LogP) is 3.13. The van der Waals surface area contributed by atoms with Crippen molar-refractivity contribution in [3.63, 3.8) is 0 Å². The van der Waals surface area contributed by atoms with E-state index in [0.717, 1.165) is 30.4 Å². The Bertz CT molecular complexity index is 28.2. The van der Waals surface area contributed by atoms with Crippen LogP contribution in [0.1, 0.15) is 27.7 Å². The van der Waals surface area contributed by atoms with Crippen molar-refractivity contribution in [2.24, 2.45) is 0 Å². The van der Waals surface area contributed by atoms with E-state index in [1.807, 2.05) is 0 Å². The molecular weight excluding hydrogens is 150 g/mol. The lowest BCUT2D eigenvalue weighted by atomic mass is 10.9. The smallest absolute Gasteiger partial charge is 0.106 e. The van der Waals surface area contributed by atoms with Crippen LogP contribution < -0.4 is 0 Å². The Morgan fingerprint density at radius 2 is 0.800 bits per heavy atom. The van der Waals surface area contributed by atoms with Gasteiger partial charge in [0.15, 0.2) is 30.4 Å². The molecule has 0 fully saturated rings. The lowest BCUT2D eigenvalue weighted by Gasteiger charge is -1.74. The summed E-state index contributed by atoms with van der Waals surface area (Å²) in [6, 6.07) is 0. The van der Waals surface area contributed by atoms with E-state index in [0.29, 0.717) is 0 Å². The summed E-state index contributed by atoms with van der Waals surface area (Å²) in [6.07, 6.45) is 0. The molecule has 2 heteroatoms. The fraction of sp³-hybridized carbons (Fsp3) is 1.00. The molecule has 0 saturated carbocycles. The topological polar surface area (TPSA) is 0 Å². The first-order valence-electron chi connectivity index (χ1n) is 4.46. The molecule has 0 aliphatic rings. The van der Waals surface area contributed by atoms with Gasteiger partial charge in [-0.15, -0.1) is 21.1 Å². The molecule has 0 unspecified atom stereocenters. The maximum Gasteiger partial charge on any atom is 0.198 e. The maximum atomic E-state index is 2.25. The van der Waals surface area contributed by atoms with E-state index in [2.05, 4.69) is 27.7 Å². The van der Waals surface area contributed by atoms with Crippen LogP contribution in [0.4, 0.5) is 0 Å². The van der Waals surface area contributed by atoms with Crippen LogP contribution >= 0.6 is 0 Å². The third-order valence-electron chi connectivity index (χ3n) is 1.15. The molecule has 10 heavy (non-hydrogen) atoms. The first-order chi connectivity index (χ1) is 4.83. The molecule has 0 saturated heterocycles. The summed E-state index contributed by atoms with van der Waals surface area (Å²) in [5, 5.41) is 5.71. The molecular formula is C8H20Al2. The molecule has 0 bridgehead atoms. The molecule has 2 radical (unpaired) electrons. The molecule has 0 amide bonds. The van der Waals surface area contributed by atoms with Crippen molar-refractivity contribution >= 4 is 30.4 Å².